The molecule has 2 aromatic carbocycles. The molecule has 1 N–H and O–H groups in total. The van der Waals surface area contributed by atoms with Crippen LogP contribution in [0, 0.1) is 0 Å². The van der Waals surface area contributed by atoms with Gasteiger partial charge in [0.1, 0.15) is 5.54 Å². The first-order valence-corrected chi connectivity index (χ1v) is 12.6. The Balaban J connectivity index is 1.06. The summed E-state index contributed by atoms with van der Waals surface area (Å²) < 4.78 is 0. The third-order valence-electron chi connectivity index (χ3n) is 8.61. The summed E-state index contributed by atoms with van der Waals surface area (Å²) in [7, 11) is 0. The van der Waals surface area contributed by atoms with Crippen LogP contribution in [0.1, 0.15) is 54.4 Å². The lowest BCUT2D eigenvalue weighted by Gasteiger charge is -2.40. The maximum atomic E-state index is 13.4. The number of aryl methyl sites for hydroxylation is 2. The first-order valence-electron chi connectivity index (χ1n) is 12.2. The molecular formula is C27H30ClN3O2. The molecule has 0 radical (unpaired) electrons. The molecule has 2 aliphatic heterocycles. The topological polar surface area (TPSA) is 52.7 Å². The number of likely N-dealkylation sites (tertiary alicyclic amines) is 1. The number of rotatable bonds is 4. The Bertz CT molecular complexity index is 1120. The molecule has 0 saturated carbocycles. The third kappa shape index (κ3) is 3.31. The van der Waals surface area contributed by atoms with Crippen molar-refractivity contribution in [1.82, 2.24) is 15.1 Å². The van der Waals surface area contributed by atoms with E-state index in [4.69, 9.17) is 11.6 Å². The second-order valence-corrected chi connectivity index (χ2v) is 10.7. The first-order chi connectivity index (χ1) is 16.0. The zero-order valence-corrected chi connectivity index (χ0v) is 19.7. The Morgan fingerprint density at radius 3 is 2.48 bits per heavy atom. The third-order valence-corrected chi connectivity index (χ3v) is 8.84. The van der Waals surface area contributed by atoms with Crippen LogP contribution in [0.25, 0.3) is 0 Å². The van der Waals surface area contributed by atoms with Crippen LogP contribution in [-0.2, 0) is 28.6 Å². The number of nitrogens with one attached hydrogen (secondary N) is 1. The minimum atomic E-state index is -0.926. The summed E-state index contributed by atoms with van der Waals surface area (Å²) >= 11 is 6.20. The van der Waals surface area contributed by atoms with Gasteiger partial charge in [-0.05, 0) is 104 Å². The molecule has 1 unspecified atom stereocenters. The Labute approximate surface area is 200 Å². The summed E-state index contributed by atoms with van der Waals surface area (Å²) in [4.78, 5) is 30.1. The molecule has 0 aromatic heterocycles. The van der Waals surface area contributed by atoms with Crippen molar-refractivity contribution in [3.05, 3.63) is 69.7 Å². The zero-order chi connectivity index (χ0) is 22.6. The molecular weight excluding hydrogens is 434 g/mol. The van der Waals surface area contributed by atoms with Crippen LogP contribution in [0.15, 0.2) is 42.5 Å². The van der Waals surface area contributed by atoms with Gasteiger partial charge >= 0.3 is 6.03 Å². The highest BCUT2D eigenvalue weighted by atomic mass is 35.5. The molecule has 5 nitrogen and oxygen atoms in total. The summed E-state index contributed by atoms with van der Waals surface area (Å²) in [6.07, 6.45) is 7.09. The van der Waals surface area contributed by atoms with E-state index < -0.39 is 5.54 Å². The van der Waals surface area contributed by atoms with Crippen molar-refractivity contribution in [1.29, 1.82) is 0 Å². The minimum absolute atomic E-state index is 0.117. The van der Waals surface area contributed by atoms with Crippen LogP contribution < -0.4 is 5.32 Å². The van der Waals surface area contributed by atoms with Gasteiger partial charge in [-0.25, -0.2) is 4.79 Å². The average Bonchev–Trinajstić information content (AvgIpc) is 3.44. The predicted octanol–water partition coefficient (Wildman–Crippen LogP) is 4.40. The highest BCUT2D eigenvalue weighted by Crippen LogP contribution is 2.46. The Kier molecular flexibility index (Phi) is 5.04. The van der Waals surface area contributed by atoms with E-state index in [2.05, 4.69) is 34.5 Å². The number of nitrogens with zero attached hydrogens (tertiary/aromatic N) is 2. The number of benzene rings is 2. The summed E-state index contributed by atoms with van der Waals surface area (Å²) in [6, 6.07) is 14.4. The highest BCUT2D eigenvalue weighted by Gasteiger charge is 2.55. The number of fused-ring (bicyclic) bond motifs is 4. The molecule has 2 saturated heterocycles. The molecule has 6 heteroatoms. The summed E-state index contributed by atoms with van der Waals surface area (Å²) in [5.41, 5.74) is 4.52. The number of hydrogen-bond donors (Lipinski definition) is 1. The smallest absolute Gasteiger partial charge is 0.319 e. The molecule has 2 aromatic rings. The predicted molar refractivity (Wildman–Crippen MR) is 128 cm³/mol. The van der Waals surface area contributed by atoms with E-state index in [1.807, 2.05) is 18.2 Å². The standard InChI is InChI=1S/C27H30ClN3O2/c28-21-7-6-20-9-11-27(23(20)18-21)24(32)31(25(33)29-27)15-3-14-30-16-12-26(13-17-30)10-8-19-4-1-2-5-22(19)26/h1-2,4-7,18H,3,8-17H2,(H,29,33). The van der Waals surface area contributed by atoms with Crippen molar-refractivity contribution in [2.45, 2.75) is 55.9 Å². The van der Waals surface area contributed by atoms with Crippen molar-refractivity contribution in [2.24, 2.45) is 0 Å². The van der Waals surface area contributed by atoms with Crippen molar-refractivity contribution in [3.8, 4) is 0 Å². The van der Waals surface area contributed by atoms with Crippen molar-refractivity contribution < 1.29 is 9.59 Å². The van der Waals surface area contributed by atoms with Gasteiger partial charge < -0.3 is 10.2 Å². The average molecular weight is 464 g/mol. The molecule has 33 heavy (non-hydrogen) atoms. The van der Waals surface area contributed by atoms with Gasteiger partial charge in [0.2, 0.25) is 0 Å². The molecule has 1 atom stereocenters. The van der Waals surface area contributed by atoms with Gasteiger partial charge in [0, 0.05) is 11.6 Å². The van der Waals surface area contributed by atoms with Gasteiger partial charge in [0.25, 0.3) is 5.91 Å². The number of hydrogen-bond acceptors (Lipinski definition) is 3. The van der Waals surface area contributed by atoms with Crippen LogP contribution in [0.5, 0.6) is 0 Å². The van der Waals surface area contributed by atoms with E-state index in [1.165, 1.54) is 36.1 Å². The molecule has 172 valence electrons. The molecule has 6 rings (SSSR count). The van der Waals surface area contributed by atoms with Crippen molar-refractivity contribution in [3.63, 3.8) is 0 Å². The SMILES string of the molecule is O=C1NC2(CCc3ccc(Cl)cc32)C(=O)N1CCCN1CCC2(CCc3ccccc32)CC1. The normalized spacial score (nSPS) is 25.7. The molecule has 2 aliphatic carbocycles. The Hall–Kier alpha value is -2.37. The number of carbonyl (C=O) groups is 2. The summed E-state index contributed by atoms with van der Waals surface area (Å²) in [5, 5.41) is 3.61. The van der Waals surface area contributed by atoms with Crippen LogP contribution in [0.2, 0.25) is 5.02 Å². The summed E-state index contributed by atoms with van der Waals surface area (Å²) in [6.45, 7) is 3.56. The van der Waals surface area contributed by atoms with Gasteiger partial charge in [0.15, 0.2) is 0 Å². The van der Waals surface area contributed by atoms with Crippen LogP contribution >= 0.6 is 11.6 Å². The number of piperidine rings is 1. The molecule has 2 heterocycles. The van der Waals surface area contributed by atoms with Gasteiger partial charge in [0.05, 0.1) is 0 Å². The number of imide groups is 1. The fraction of sp³-hybridized carbons (Fsp3) is 0.481. The van der Waals surface area contributed by atoms with Gasteiger partial charge in [-0.2, -0.15) is 0 Å². The van der Waals surface area contributed by atoms with E-state index in [9.17, 15) is 9.59 Å². The lowest BCUT2D eigenvalue weighted by Crippen LogP contribution is -2.43. The largest absolute Gasteiger partial charge is 0.325 e. The van der Waals surface area contributed by atoms with Crippen LogP contribution in [0.4, 0.5) is 4.79 Å². The van der Waals surface area contributed by atoms with Gasteiger partial charge in [-0.3, -0.25) is 9.69 Å². The van der Waals surface area contributed by atoms with E-state index in [-0.39, 0.29) is 11.9 Å². The Morgan fingerprint density at radius 2 is 1.64 bits per heavy atom. The van der Waals surface area contributed by atoms with Gasteiger partial charge in [-0.15, -0.1) is 0 Å². The molecule has 2 fully saturated rings. The Morgan fingerprint density at radius 1 is 0.879 bits per heavy atom. The second-order valence-electron chi connectivity index (χ2n) is 10.2. The molecule has 3 amide bonds. The van der Waals surface area contributed by atoms with E-state index in [0.717, 1.165) is 43.6 Å². The lowest BCUT2D eigenvalue weighted by molar-refractivity contribution is -0.131. The van der Waals surface area contributed by atoms with E-state index in [0.29, 0.717) is 23.4 Å². The van der Waals surface area contributed by atoms with Crippen molar-refractivity contribution >= 4 is 23.5 Å². The second kappa shape index (κ2) is 7.85. The fourth-order valence-electron chi connectivity index (χ4n) is 6.74. The maximum Gasteiger partial charge on any atom is 0.325 e. The number of amides is 3. The quantitative estimate of drug-likeness (QED) is 0.683. The monoisotopic (exact) mass is 463 g/mol. The number of carbonyl (C=O) groups excluding carboxylic acids is 2. The zero-order valence-electron chi connectivity index (χ0n) is 18.9. The molecule has 0 bridgehead atoms. The number of halogens is 1. The lowest BCUT2D eigenvalue weighted by atomic mass is 9.74. The van der Waals surface area contributed by atoms with Crippen LogP contribution in [0.3, 0.4) is 0 Å². The van der Waals surface area contributed by atoms with Crippen LogP contribution in [-0.4, -0.2) is 47.9 Å². The fourth-order valence-corrected chi connectivity index (χ4v) is 6.91. The van der Waals surface area contributed by atoms with E-state index in [1.54, 1.807) is 5.56 Å². The highest BCUT2D eigenvalue weighted by molar-refractivity contribution is 6.30. The minimum Gasteiger partial charge on any atom is -0.319 e. The number of urea groups is 1. The van der Waals surface area contributed by atoms with Gasteiger partial charge in [-0.1, -0.05) is 41.9 Å². The first kappa shape index (κ1) is 21.2. The summed E-state index contributed by atoms with van der Waals surface area (Å²) in [5.74, 6) is -0.117. The maximum absolute atomic E-state index is 13.4. The van der Waals surface area contributed by atoms with E-state index >= 15 is 0 Å². The molecule has 2 spiro atoms. The molecule has 4 aliphatic rings. The van der Waals surface area contributed by atoms with Crippen molar-refractivity contribution in [2.75, 3.05) is 26.2 Å².